The zero-order valence-corrected chi connectivity index (χ0v) is 11.5. The van der Waals surface area contributed by atoms with Gasteiger partial charge >= 0.3 is 0 Å². The molecule has 0 aliphatic heterocycles. The van der Waals surface area contributed by atoms with E-state index in [0.29, 0.717) is 23.0 Å². The highest BCUT2D eigenvalue weighted by Crippen LogP contribution is 2.30. The number of rotatable bonds is 5. The smallest absolute Gasteiger partial charge is 0.275 e. The summed E-state index contributed by atoms with van der Waals surface area (Å²) in [6.07, 6.45) is 1.46. The highest BCUT2D eigenvalue weighted by atomic mass is 35.5. The summed E-state index contributed by atoms with van der Waals surface area (Å²) in [5.74, 6) is 0.474. The lowest BCUT2D eigenvalue weighted by atomic mass is 9.82. The van der Waals surface area contributed by atoms with E-state index in [1.165, 1.54) is 6.07 Å². The molecule has 0 radical (unpaired) electrons. The molecule has 0 atom stereocenters. The molecule has 19 heavy (non-hydrogen) atoms. The average Bonchev–Trinajstić information content (AvgIpc) is 2.29. The highest BCUT2D eigenvalue weighted by Gasteiger charge is 2.28. The first-order chi connectivity index (χ1) is 8.97. The van der Waals surface area contributed by atoms with E-state index in [4.69, 9.17) is 11.6 Å². The molecule has 1 aliphatic carbocycles. The molecule has 1 saturated carbocycles. The van der Waals surface area contributed by atoms with Crippen molar-refractivity contribution in [2.45, 2.75) is 25.5 Å². The Morgan fingerprint density at radius 1 is 1.53 bits per heavy atom. The maximum atomic E-state index is 11.0. The molecule has 1 aromatic carbocycles. The van der Waals surface area contributed by atoms with Crippen LogP contribution < -0.4 is 0 Å². The third-order valence-corrected chi connectivity index (χ3v) is 3.85. The van der Waals surface area contributed by atoms with E-state index in [1.54, 1.807) is 12.1 Å². The number of halogens is 1. The Morgan fingerprint density at radius 3 is 2.79 bits per heavy atom. The van der Waals surface area contributed by atoms with E-state index in [-0.39, 0.29) is 11.8 Å². The van der Waals surface area contributed by atoms with Gasteiger partial charge in [0.25, 0.3) is 5.69 Å². The van der Waals surface area contributed by atoms with Gasteiger partial charge in [-0.05, 0) is 31.9 Å². The Labute approximate surface area is 116 Å². The van der Waals surface area contributed by atoms with Crippen LogP contribution in [-0.4, -0.2) is 34.6 Å². The summed E-state index contributed by atoms with van der Waals surface area (Å²) in [5.41, 5.74) is 0.615. The van der Waals surface area contributed by atoms with Crippen molar-refractivity contribution in [1.82, 2.24) is 4.90 Å². The Kier molecular flexibility index (Phi) is 4.39. The Bertz CT molecular complexity index is 475. The van der Waals surface area contributed by atoms with Gasteiger partial charge in [0.2, 0.25) is 0 Å². The molecule has 0 saturated heterocycles. The largest absolute Gasteiger partial charge is 0.393 e. The highest BCUT2D eigenvalue weighted by molar-refractivity contribution is 6.31. The number of hydrogen-bond donors (Lipinski definition) is 1. The molecule has 1 fully saturated rings. The molecule has 104 valence electrons. The third kappa shape index (κ3) is 3.43. The first kappa shape index (κ1) is 14.2. The topological polar surface area (TPSA) is 66.6 Å². The van der Waals surface area contributed by atoms with Crippen molar-refractivity contribution in [2.75, 3.05) is 13.6 Å². The summed E-state index contributed by atoms with van der Waals surface area (Å²) in [6.45, 7) is 1.27. The molecule has 0 heterocycles. The number of benzene rings is 1. The zero-order chi connectivity index (χ0) is 14.0. The van der Waals surface area contributed by atoms with Gasteiger partial charge in [-0.2, -0.15) is 0 Å². The van der Waals surface area contributed by atoms with E-state index < -0.39 is 4.92 Å². The van der Waals surface area contributed by atoms with Gasteiger partial charge in [-0.15, -0.1) is 0 Å². The van der Waals surface area contributed by atoms with Crippen molar-refractivity contribution in [3.05, 3.63) is 38.9 Å². The van der Waals surface area contributed by atoms with Crippen molar-refractivity contribution in [3.63, 3.8) is 0 Å². The number of aliphatic hydroxyl groups is 1. The predicted molar refractivity (Wildman–Crippen MR) is 73.2 cm³/mol. The fraction of sp³-hybridized carbons (Fsp3) is 0.538. The quantitative estimate of drug-likeness (QED) is 0.666. The summed E-state index contributed by atoms with van der Waals surface area (Å²) in [4.78, 5) is 12.6. The summed E-state index contributed by atoms with van der Waals surface area (Å²) < 4.78 is 0. The second-order valence-corrected chi connectivity index (χ2v) is 5.59. The first-order valence-corrected chi connectivity index (χ1v) is 6.63. The van der Waals surface area contributed by atoms with E-state index in [0.717, 1.165) is 19.4 Å². The minimum atomic E-state index is -0.401. The van der Waals surface area contributed by atoms with Crippen molar-refractivity contribution in [3.8, 4) is 0 Å². The molecule has 0 amide bonds. The molecular formula is C13H17ClN2O3. The molecule has 1 N–H and O–H groups in total. The van der Waals surface area contributed by atoms with Gasteiger partial charge in [-0.25, -0.2) is 0 Å². The lowest BCUT2D eigenvalue weighted by molar-refractivity contribution is -0.385. The van der Waals surface area contributed by atoms with Crippen molar-refractivity contribution >= 4 is 17.3 Å². The number of hydrogen-bond acceptors (Lipinski definition) is 4. The van der Waals surface area contributed by atoms with E-state index in [2.05, 4.69) is 0 Å². The van der Waals surface area contributed by atoms with Crippen LogP contribution in [0, 0.1) is 16.0 Å². The molecule has 1 aromatic rings. The van der Waals surface area contributed by atoms with Gasteiger partial charge in [0.1, 0.15) is 0 Å². The summed E-state index contributed by atoms with van der Waals surface area (Å²) in [7, 11) is 1.91. The fourth-order valence-electron chi connectivity index (χ4n) is 2.50. The molecule has 0 bridgehead atoms. The van der Waals surface area contributed by atoms with Crippen LogP contribution in [0.15, 0.2) is 18.2 Å². The van der Waals surface area contributed by atoms with Crippen LogP contribution in [0.3, 0.4) is 0 Å². The van der Waals surface area contributed by atoms with Crippen molar-refractivity contribution in [2.24, 2.45) is 5.92 Å². The van der Waals surface area contributed by atoms with Gasteiger partial charge in [0.15, 0.2) is 0 Å². The Hall–Kier alpha value is -1.17. The molecule has 1 aliphatic rings. The first-order valence-electron chi connectivity index (χ1n) is 6.25. The SMILES string of the molecule is CN(Cc1c(Cl)cccc1[N+](=O)[O-])CC1CC(O)C1. The van der Waals surface area contributed by atoms with Crippen LogP contribution in [0.1, 0.15) is 18.4 Å². The van der Waals surface area contributed by atoms with Gasteiger partial charge in [0, 0.05) is 19.2 Å². The van der Waals surface area contributed by atoms with Crippen LogP contribution in [-0.2, 0) is 6.54 Å². The monoisotopic (exact) mass is 284 g/mol. The number of nitrogens with zero attached hydrogens (tertiary/aromatic N) is 2. The van der Waals surface area contributed by atoms with E-state index in [9.17, 15) is 15.2 Å². The molecule has 2 rings (SSSR count). The molecular weight excluding hydrogens is 268 g/mol. The van der Waals surface area contributed by atoms with Crippen LogP contribution in [0.4, 0.5) is 5.69 Å². The lowest BCUT2D eigenvalue weighted by Gasteiger charge is -2.34. The zero-order valence-electron chi connectivity index (χ0n) is 10.8. The number of nitro groups is 1. The predicted octanol–water partition coefficient (Wildman–Crippen LogP) is 2.45. The van der Waals surface area contributed by atoms with Gasteiger partial charge < -0.3 is 10.0 Å². The Morgan fingerprint density at radius 2 is 2.21 bits per heavy atom. The van der Waals surface area contributed by atoms with Gasteiger partial charge in [0.05, 0.1) is 21.6 Å². The Balaban J connectivity index is 2.03. The minimum Gasteiger partial charge on any atom is -0.393 e. The standard InChI is InChI=1S/C13H17ClN2O3/c1-15(7-9-5-10(17)6-9)8-11-12(14)3-2-4-13(11)16(18)19/h2-4,9-10,17H,5-8H2,1H3. The molecule has 0 unspecified atom stereocenters. The van der Waals surface area contributed by atoms with E-state index in [1.807, 2.05) is 11.9 Å². The maximum absolute atomic E-state index is 11.0. The summed E-state index contributed by atoms with van der Waals surface area (Å²) in [5, 5.41) is 20.7. The molecule has 0 aromatic heterocycles. The van der Waals surface area contributed by atoms with Crippen LogP contribution in [0.2, 0.25) is 5.02 Å². The lowest BCUT2D eigenvalue weighted by Crippen LogP contribution is -2.36. The normalized spacial score (nSPS) is 22.3. The molecule has 0 spiro atoms. The molecule has 6 heteroatoms. The van der Waals surface area contributed by atoms with Crippen LogP contribution in [0.25, 0.3) is 0 Å². The van der Waals surface area contributed by atoms with Gasteiger partial charge in [-0.1, -0.05) is 17.7 Å². The van der Waals surface area contributed by atoms with Crippen molar-refractivity contribution < 1.29 is 10.0 Å². The molecule has 5 nitrogen and oxygen atoms in total. The number of nitro benzene ring substituents is 1. The second kappa shape index (κ2) is 5.86. The average molecular weight is 285 g/mol. The fourth-order valence-corrected chi connectivity index (χ4v) is 2.73. The van der Waals surface area contributed by atoms with Crippen molar-refractivity contribution in [1.29, 1.82) is 0 Å². The summed E-state index contributed by atoms with van der Waals surface area (Å²) in [6, 6.07) is 4.74. The second-order valence-electron chi connectivity index (χ2n) is 5.18. The maximum Gasteiger partial charge on any atom is 0.275 e. The summed E-state index contributed by atoms with van der Waals surface area (Å²) >= 11 is 6.05. The van der Waals surface area contributed by atoms with Gasteiger partial charge in [-0.3, -0.25) is 10.1 Å². The van der Waals surface area contributed by atoms with Crippen LogP contribution in [0.5, 0.6) is 0 Å². The van der Waals surface area contributed by atoms with Crippen LogP contribution >= 0.6 is 11.6 Å². The van der Waals surface area contributed by atoms with E-state index >= 15 is 0 Å². The third-order valence-electron chi connectivity index (χ3n) is 3.50. The minimum absolute atomic E-state index is 0.0630. The number of aliphatic hydroxyl groups excluding tert-OH is 1.